The highest BCUT2D eigenvalue weighted by molar-refractivity contribution is 5.96. The van der Waals surface area contributed by atoms with Gasteiger partial charge >= 0.3 is 0 Å². The lowest BCUT2D eigenvalue weighted by Crippen LogP contribution is -2.37. The number of fused-ring (bicyclic) bond motifs is 1. The molecule has 3 atom stereocenters. The Morgan fingerprint density at radius 3 is 2.94 bits per heavy atom. The molecule has 1 fully saturated rings. The Morgan fingerprint density at radius 2 is 2.23 bits per heavy atom. The van der Waals surface area contributed by atoms with Crippen LogP contribution in [0.3, 0.4) is 0 Å². The number of nitrogens with one attached hydrogen (secondary N) is 1. The highest BCUT2D eigenvalue weighted by Gasteiger charge is 2.36. The average Bonchev–Trinajstić information content (AvgIpc) is 2.88. The number of nitrogens with zero attached hydrogens (tertiary/aromatic N) is 1. The van der Waals surface area contributed by atoms with Crippen molar-refractivity contribution in [3.8, 4) is 11.8 Å². The molecule has 1 aromatic carbocycles. The van der Waals surface area contributed by atoms with E-state index in [2.05, 4.69) is 11.4 Å². The second kappa shape index (κ2) is 11.4. The Balaban J connectivity index is 1.32. The lowest BCUT2D eigenvalue weighted by atomic mass is 9.82. The molecule has 3 aliphatic rings. The van der Waals surface area contributed by atoms with Gasteiger partial charge in [0.05, 0.1) is 18.8 Å². The molecule has 4 rings (SSSR count). The molecule has 2 aliphatic carbocycles. The summed E-state index contributed by atoms with van der Waals surface area (Å²) in [7, 11) is 1.63. The van der Waals surface area contributed by atoms with Gasteiger partial charge in [0.15, 0.2) is 6.29 Å². The van der Waals surface area contributed by atoms with Gasteiger partial charge < -0.3 is 29.7 Å². The fraction of sp³-hybridized carbons (Fsp3) is 0.407. The molecule has 8 nitrogen and oxygen atoms in total. The average molecular weight is 479 g/mol. The molecule has 184 valence electrons. The summed E-state index contributed by atoms with van der Waals surface area (Å²) in [5.74, 6) is 0.719. The summed E-state index contributed by atoms with van der Waals surface area (Å²) in [6, 6.07) is 9.91. The molecule has 1 heterocycles. The summed E-state index contributed by atoms with van der Waals surface area (Å²) < 4.78 is 17.1. The molecule has 0 saturated carbocycles. The van der Waals surface area contributed by atoms with Crippen LogP contribution in [0.15, 0.2) is 71.0 Å². The summed E-state index contributed by atoms with van der Waals surface area (Å²) in [5.41, 5.74) is 2.75. The summed E-state index contributed by atoms with van der Waals surface area (Å²) in [6.07, 6.45) is 6.98. The fourth-order valence-corrected chi connectivity index (χ4v) is 4.56. The Bertz CT molecular complexity index is 1110. The zero-order valence-corrected chi connectivity index (χ0v) is 19.6. The fourth-order valence-electron chi connectivity index (χ4n) is 4.56. The lowest BCUT2D eigenvalue weighted by molar-refractivity contribution is -0.117. The van der Waals surface area contributed by atoms with Crippen LogP contribution in [-0.4, -0.2) is 54.9 Å². The highest BCUT2D eigenvalue weighted by Crippen LogP contribution is 2.38. The van der Waals surface area contributed by atoms with Crippen molar-refractivity contribution in [3.05, 3.63) is 76.6 Å². The molecule has 3 unspecified atom stereocenters. The van der Waals surface area contributed by atoms with Crippen LogP contribution in [-0.2, 0) is 20.7 Å². The van der Waals surface area contributed by atoms with Crippen LogP contribution < -0.4 is 10.1 Å². The molecule has 0 spiro atoms. The van der Waals surface area contributed by atoms with Crippen molar-refractivity contribution >= 4 is 5.91 Å². The van der Waals surface area contributed by atoms with Crippen molar-refractivity contribution in [1.82, 2.24) is 5.32 Å². The SMILES string of the molecule is COc1cccc(CCNC(=O)C2=CCC(OC3=C(C#N)C=C4C(C3)OCCC4C(O)O)C=C2)c1. The van der Waals surface area contributed by atoms with Gasteiger partial charge in [-0.05, 0) is 48.3 Å². The molecule has 1 aliphatic heterocycles. The van der Waals surface area contributed by atoms with E-state index in [0.29, 0.717) is 55.7 Å². The summed E-state index contributed by atoms with van der Waals surface area (Å²) >= 11 is 0. The Labute approximate surface area is 204 Å². The van der Waals surface area contributed by atoms with Gasteiger partial charge in [-0.25, -0.2) is 0 Å². The first-order valence-electron chi connectivity index (χ1n) is 11.8. The van der Waals surface area contributed by atoms with Crippen LogP contribution in [0, 0.1) is 17.2 Å². The van der Waals surface area contributed by atoms with E-state index >= 15 is 0 Å². The van der Waals surface area contributed by atoms with E-state index in [1.54, 1.807) is 19.3 Å². The van der Waals surface area contributed by atoms with Gasteiger partial charge in [0.25, 0.3) is 5.91 Å². The van der Waals surface area contributed by atoms with Gasteiger partial charge in [-0.1, -0.05) is 24.3 Å². The Kier molecular flexibility index (Phi) is 8.03. The van der Waals surface area contributed by atoms with Crippen molar-refractivity contribution in [1.29, 1.82) is 5.26 Å². The maximum absolute atomic E-state index is 12.5. The number of carbonyl (C=O) groups excluding carboxylic acids is 1. The quantitative estimate of drug-likeness (QED) is 0.491. The second-order valence-electron chi connectivity index (χ2n) is 8.73. The topological polar surface area (TPSA) is 121 Å². The predicted molar refractivity (Wildman–Crippen MR) is 128 cm³/mol. The number of nitriles is 1. The number of ether oxygens (including phenoxy) is 3. The third-order valence-electron chi connectivity index (χ3n) is 6.46. The van der Waals surface area contributed by atoms with Crippen LogP contribution in [0.5, 0.6) is 5.75 Å². The number of carbonyl (C=O) groups is 1. The summed E-state index contributed by atoms with van der Waals surface area (Å²) in [6.45, 7) is 0.928. The van der Waals surface area contributed by atoms with E-state index in [0.717, 1.165) is 16.9 Å². The van der Waals surface area contributed by atoms with E-state index in [4.69, 9.17) is 14.2 Å². The van der Waals surface area contributed by atoms with Crippen LogP contribution in [0.2, 0.25) is 0 Å². The third-order valence-corrected chi connectivity index (χ3v) is 6.46. The molecular weight excluding hydrogens is 448 g/mol. The van der Waals surface area contributed by atoms with Crippen LogP contribution >= 0.6 is 0 Å². The zero-order valence-electron chi connectivity index (χ0n) is 19.6. The van der Waals surface area contributed by atoms with Gasteiger partial charge in [0.1, 0.15) is 23.7 Å². The van der Waals surface area contributed by atoms with Crippen LogP contribution in [0.1, 0.15) is 24.8 Å². The maximum Gasteiger partial charge on any atom is 0.250 e. The number of aliphatic hydroxyl groups excluding tert-OH is 1. The number of aliphatic hydroxyl groups is 2. The molecule has 0 radical (unpaired) electrons. The van der Waals surface area contributed by atoms with Crippen molar-refractivity contribution < 1.29 is 29.2 Å². The van der Waals surface area contributed by atoms with Gasteiger partial charge in [0, 0.05) is 37.5 Å². The molecule has 1 saturated heterocycles. The molecule has 35 heavy (non-hydrogen) atoms. The number of methoxy groups -OCH3 is 1. The van der Waals surface area contributed by atoms with Crippen LogP contribution in [0.4, 0.5) is 0 Å². The summed E-state index contributed by atoms with van der Waals surface area (Å²) in [4.78, 5) is 12.5. The molecule has 1 amide bonds. The van der Waals surface area contributed by atoms with Crippen molar-refractivity contribution in [2.24, 2.45) is 5.92 Å². The number of rotatable bonds is 8. The number of hydrogen-bond donors (Lipinski definition) is 3. The molecular formula is C27H30N2O6. The first-order chi connectivity index (χ1) is 17.0. The summed E-state index contributed by atoms with van der Waals surface area (Å²) in [5, 5.41) is 31.9. The molecule has 0 aromatic heterocycles. The minimum absolute atomic E-state index is 0.144. The van der Waals surface area contributed by atoms with Gasteiger partial charge in [-0.15, -0.1) is 0 Å². The molecule has 1 aromatic rings. The highest BCUT2D eigenvalue weighted by atomic mass is 16.5. The van der Waals surface area contributed by atoms with E-state index in [-0.39, 0.29) is 18.1 Å². The minimum atomic E-state index is -1.48. The van der Waals surface area contributed by atoms with Gasteiger partial charge in [0.2, 0.25) is 0 Å². The predicted octanol–water partition coefficient (Wildman–Crippen LogP) is 2.45. The number of hydrogen-bond acceptors (Lipinski definition) is 7. The standard InChI is InChI=1S/C27H30N2O6/c1-33-21-4-2-3-17(13-21)9-11-29-26(30)18-5-7-20(8-6-18)35-24-15-25-23(14-19(24)16-28)22(27(31)32)10-12-34-25/h2-7,13-14,20,22,25,27,31-32H,8-12,15H2,1H3,(H,29,30). The number of amides is 1. The van der Waals surface area contributed by atoms with Gasteiger partial charge in [-0.2, -0.15) is 5.26 Å². The lowest BCUT2D eigenvalue weighted by Gasteiger charge is -2.37. The van der Waals surface area contributed by atoms with E-state index in [9.17, 15) is 20.3 Å². The first kappa shape index (κ1) is 24.7. The number of benzene rings is 1. The normalized spacial score (nSPS) is 23.7. The largest absolute Gasteiger partial charge is 0.497 e. The van der Waals surface area contributed by atoms with Crippen molar-refractivity contribution in [2.75, 3.05) is 20.3 Å². The van der Waals surface area contributed by atoms with Crippen LogP contribution in [0.25, 0.3) is 0 Å². The van der Waals surface area contributed by atoms with Crippen molar-refractivity contribution in [2.45, 2.75) is 44.2 Å². The Hall–Kier alpha value is -3.38. The smallest absolute Gasteiger partial charge is 0.250 e. The monoisotopic (exact) mass is 478 g/mol. The maximum atomic E-state index is 12.5. The second-order valence-corrected chi connectivity index (χ2v) is 8.73. The minimum Gasteiger partial charge on any atom is -0.497 e. The van der Waals surface area contributed by atoms with E-state index < -0.39 is 12.2 Å². The molecule has 8 heteroatoms. The first-order valence-corrected chi connectivity index (χ1v) is 11.8. The van der Waals surface area contributed by atoms with Gasteiger partial charge in [-0.3, -0.25) is 4.79 Å². The molecule has 3 N–H and O–H groups in total. The third kappa shape index (κ3) is 6.01. The van der Waals surface area contributed by atoms with E-state index in [1.807, 2.05) is 36.4 Å². The van der Waals surface area contributed by atoms with E-state index in [1.165, 1.54) is 0 Å². The Morgan fingerprint density at radius 1 is 1.37 bits per heavy atom. The zero-order chi connectivity index (χ0) is 24.8. The molecule has 0 bridgehead atoms. The van der Waals surface area contributed by atoms with Crippen molar-refractivity contribution in [3.63, 3.8) is 0 Å². The number of allylic oxidation sites excluding steroid dienone is 2.